The highest BCUT2D eigenvalue weighted by atomic mass is 16.3. The predicted octanol–water partition coefficient (Wildman–Crippen LogP) is 15.3. The van der Waals surface area contributed by atoms with Crippen LogP contribution in [0.25, 0.3) is 82.0 Å². The summed E-state index contributed by atoms with van der Waals surface area (Å²) in [5.41, 5.74) is 12.6. The van der Waals surface area contributed by atoms with Crippen LogP contribution in [0, 0.1) is 22.7 Å². The van der Waals surface area contributed by atoms with Gasteiger partial charge in [-0.25, -0.2) is 0 Å². The van der Waals surface area contributed by atoms with Crippen molar-refractivity contribution in [1.82, 2.24) is 4.40 Å². The van der Waals surface area contributed by atoms with Crippen molar-refractivity contribution in [3.8, 4) is 12.1 Å². The predicted molar refractivity (Wildman–Crippen MR) is 254 cm³/mol. The van der Waals surface area contributed by atoms with E-state index in [4.69, 9.17) is 8.83 Å². The van der Waals surface area contributed by atoms with Gasteiger partial charge in [0.2, 0.25) is 0 Å². The van der Waals surface area contributed by atoms with E-state index in [1.807, 2.05) is 97.1 Å². The Morgan fingerprint density at radius 1 is 0.365 bits per heavy atom. The number of anilines is 6. The number of rotatable bonds is 6. The van der Waals surface area contributed by atoms with Crippen LogP contribution in [0.1, 0.15) is 11.1 Å². The third kappa shape index (κ3) is 4.93. The van der Waals surface area contributed by atoms with Gasteiger partial charge in [-0.05, 0) is 84.9 Å². The molecule has 0 fully saturated rings. The van der Waals surface area contributed by atoms with E-state index in [-0.39, 0.29) is 0 Å². The lowest BCUT2D eigenvalue weighted by Crippen LogP contribution is -2.11. The molecule has 7 nitrogen and oxygen atoms in total. The zero-order valence-electron chi connectivity index (χ0n) is 33.5. The molecule has 0 saturated heterocycles. The third-order valence-corrected chi connectivity index (χ3v) is 12.5. The third-order valence-electron chi connectivity index (χ3n) is 12.5. The Morgan fingerprint density at radius 3 is 1.22 bits per heavy atom. The zero-order chi connectivity index (χ0) is 41.8. The van der Waals surface area contributed by atoms with E-state index >= 15 is 0 Å². The van der Waals surface area contributed by atoms with Crippen LogP contribution in [0.15, 0.2) is 197 Å². The van der Waals surface area contributed by atoms with Gasteiger partial charge in [0.05, 0.1) is 40.2 Å². The average Bonchev–Trinajstić information content (AvgIpc) is 4.10. The SMILES string of the molecule is N#Cc1cccc(N(c2ccccc2)c2cc3c4ccccc4oc3c3c2c2cccc4c5c(N(c6ccccc6)c6cccc(C#N)c6)cc6c7ccccc7oc6c5n3c24)c1. The van der Waals surface area contributed by atoms with Crippen molar-refractivity contribution in [3.05, 3.63) is 199 Å². The molecule has 0 atom stereocenters. The van der Waals surface area contributed by atoms with Crippen molar-refractivity contribution < 1.29 is 8.83 Å². The molecule has 9 aromatic carbocycles. The maximum Gasteiger partial charge on any atom is 0.160 e. The first kappa shape index (κ1) is 34.8. The second kappa shape index (κ2) is 13.2. The molecule has 4 aromatic heterocycles. The van der Waals surface area contributed by atoms with E-state index < -0.39 is 0 Å². The van der Waals surface area contributed by atoms with Gasteiger partial charge in [-0.2, -0.15) is 10.5 Å². The normalized spacial score (nSPS) is 11.8. The molecule has 0 bridgehead atoms. The van der Waals surface area contributed by atoms with Crippen molar-refractivity contribution in [1.29, 1.82) is 10.5 Å². The van der Waals surface area contributed by atoms with Crippen LogP contribution in [0.5, 0.6) is 0 Å². The largest absolute Gasteiger partial charge is 0.454 e. The Labute approximate surface area is 359 Å². The van der Waals surface area contributed by atoms with Crippen LogP contribution in [0.2, 0.25) is 0 Å². The minimum Gasteiger partial charge on any atom is -0.454 e. The van der Waals surface area contributed by atoms with Gasteiger partial charge < -0.3 is 23.0 Å². The van der Waals surface area contributed by atoms with E-state index in [2.05, 4.69) is 117 Å². The Balaban J connectivity index is 1.28. The molecule has 0 aliphatic rings. The number of hydrogen-bond acceptors (Lipinski definition) is 6. The Morgan fingerprint density at radius 2 is 0.762 bits per heavy atom. The number of nitriles is 2. The van der Waals surface area contributed by atoms with Crippen LogP contribution < -0.4 is 9.80 Å². The van der Waals surface area contributed by atoms with Crippen molar-refractivity contribution in [2.45, 2.75) is 0 Å². The van der Waals surface area contributed by atoms with Crippen molar-refractivity contribution in [2.24, 2.45) is 0 Å². The van der Waals surface area contributed by atoms with Gasteiger partial charge >= 0.3 is 0 Å². The fourth-order valence-corrected chi connectivity index (χ4v) is 9.93. The standard InChI is InChI=1S/C56H31N5O2/c57-32-34-14-11-20-38(28-34)59(36-16-3-1-4-17-36)46-30-44-40-22-7-9-26-48(40)62-55(44)53-50(46)42-24-13-25-43-51-47(60(37-18-5-2-6-19-37)39-21-12-15-35(29-39)33-58)31-45-41-23-8-10-27-49(41)63-56(45)54(51)61(53)52(42)43/h1-31H. The number of fused-ring (bicyclic) bond motifs is 14. The number of hydrogen-bond donors (Lipinski definition) is 0. The molecule has 13 rings (SSSR count). The van der Waals surface area contributed by atoms with E-state index in [0.717, 1.165) is 116 Å². The molecule has 63 heavy (non-hydrogen) atoms. The number of para-hydroxylation sites is 5. The van der Waals surface area contributed by atoms with Crippen LogP contribution in [0.4, 0.5) is 34.1 Å². The van der Waals surface area contributed by atoms with E-state index in [1.54, 1.807) is 0 Å². The van der Waals surface area contributed by atoms with Gasteiger partial charge in [0.1, 0.15) is 22.2 Å². The van der Waals surface area contributed by atoms with Crippen molar-refractivity contribution in [3.63, 3.8) is 0 Å². The molecule has 7 heteroatoms. The smallest absolute Gasteiger partial charge is 0.160 e. The lowest BCUT2D eigenvalue weighted by molar-refractivity contribution is 0.670. The summed E-state index contributed by atoms with van der Waals surface area (Å²) in [6.45, 7) is 0. The summed E-state index contributed by atoms with van der Waals surface area (Å²) in [4.78, 5) is 4.52. The summed E-state index contributed by atoms with van der Waals surface area (Å²) >= 11 is 0. The average molecular weight is 806 g/mol. The lowest BCUT2D eigenvalue weighted by atomic mass is 10.0. The van der Waals surface area contributed by atoms with Crippen LogP contribution in [0.3, 0.4) is 0 Å². The number of aromatic nitrogens is 1. The summed E-state index contributed by atoms with van der Waals surface area (Å²) in [5.74, 6) is 0. The second-order valence-corrected chi connectivity index (χ2v) is 15.9. The number of furan rings is 2. The van der Waals surface area contributed by atoms with Gasteiger partial charge in [-0.3, -0.25) is 0 Å². The maximum atomic E-state index is 10.1. The maximum absolute atomic E-state index is 10.1. The molecule has 0 unspecified atom stereocenters. The van der Waals surface area contributed by atoms with Gasteiger partial charge in [0, 0.05) is 65.8 Å². The molecule has 4 heterocycles. The van der Waals surface area contributed by atoms with Crippen LogP contribution in [-0.4, -0.2) is 4.40 Å². The zero-order valence-corrected chi connectivity index (χ0v) is 33.5. The first-order valence-electron chi connectivity index (χ1n) is 20.8. The van der Waals surface area contributed by atoms with Gasteiger partial charge in [-0.15, -0.1) is 0 Å². The van der Waals surface area contributed by atoms with Gasteiger partial charge in [0.25, 0.3) is 0 Å². The van der Waals surface area contributed by atoms with Gasteiger partial charge in [-0.1, -0.05) is 103 Å². The molecule has 0 aliphatic heterocycles. The summed E-state index contributed by atoms with van der Waals surface area (Å²) in [6, 6.07) is 68.5. The summed E-state index contributed by atoms with van der Waals surface area (Å²) in [5, 5.41) is 28.3. The minimum atomic E-state index is 0.572. The quantitative estimate of drug-likeness (QED) is 0.166. The highest BCUT2D eigenvalue weighted by Gasteiger charge is 2.31. The lowest BCUT2D eigenvalue weighted by Gasteiger charge is -2.27. The first-order chi connectivity index (χ1) is 31.2. The Kier molecular flexibility index (Phi) is 7.30. The molecule has 0 spiro atoms. The molecular weight excluding hydrogens is 775 g/mol. The highest BCUT2D eigenvalue weighted by molar-refractivity contribution is 6.36. The molecule has 13 aromatic rings. The topological polar surface area (TPSA) is 84.8 Å². The van der Waals surface area contributed by atoms with Crippen molar-refractivity contribution >= 4 is 116 Å². The van der Waals surface area contributed by atoms with Gasteiger partial charge in [0.15, 0.2) is 11.2 Å². The molecule has 292 valence electrons. The Bertz CT molecular complexity index is 3810. The number of nitrogens with zero attached hydrogens (tertiary/aromatic N) is 5. The van der Waals surface area contributed by atoms with E-state index in [0.29, 0.717) is 11.1 Å². The molecule has 0 saturated carbocycles. The summed E-state index contributed by atoms with van der Waals surface area (Å²) < 4.78 is 16.4. The summed E-state index contributed by atoms with van der Waals surface area (Å²) in [6.07, 6.45) is 0. The van der Waals surface area contributed by atoms with Crippen molar-refractivity contribution in [2.75, 3.05) is 9.80 Å². The summed E-state index contributed by atoms with van der Waals surface area (Å²) in [7, 11) is 0. The van der Waals surface area contributed by atoms with Crippen LogP contribution >= 0.6 is 0 Å². The molecule has 0 radical (unpaired) electrons. The molecule has 0 N–H and O–H groups in total. The molecule has 0 amide bonds. The first-order valence-corrected chi connectivity index (χ1v) is 20.8. The monoisotopic (exact) mass is 805 g/mol. The van der Waals surface area contributed by atoms with E-state index in [1.165, 1.54) is 0 Å². The molecule has 0 aliphatic carbocycles. The van der Waals surface area contributed by atoms with Crippen LogP contribution in [-0.2, 0) is 0 Å². The fourth-order valence-electron chi connectivity index (χ4n) is 9.93. The Hall–Kier alpha value is -9.04. The molecular formula is C56H31N5O2. The number of benzene rings is 9. The minimum absolute atomic E-state index is 0.572. The van der Waals surface area contributed by atoms with E-state index in [9.17, 15) is 10.5 Å². The second-order valence-electron chi connectivity index (χ2n) is 15.9. The fraction of sp³-hybridized carbons (Fsp3) is 0. The highest BCUT2D eigenvalue weighted by Crippen LogP contribution is 2.54.